The maximum atomic E-state index is 13.7. The monoisotopic (exact) mass is 748 g/mol. The minimum absolute atomic E-state index is 0.0874. The van der Waals surface area contributed by atoms with Crippen LogP contribution >= 0.6 is 23.5 Å². The normalized spacial score (nSPS) is 26.1. The first-order chi connectivity index (χ1) is 24.0. The Morgan fingerprint density at radius 2 is 1.55 bits per heavy atom. The van der Waals surface area contributed by atoms with Crippen LogP contribution in [0.2, 0.25) is 0 Å². The highest BCUT2D eigenvalue weighted by Gasteiger charge is 2.65. The summed E-state index contributed by atoms with van der Waals surface area (Å²) in [4.78, 5) is 96.5. The fourth-order valence-corrected chi connectivity index (χ4v) is 9.65. The number of rotatable bonds is 12. The van der Waals surface area contributed by atoms with E-state index in [1.165, 1.54) is 64.7 Å². The van der Waals surface area contributed by atoms with Gasteiger partial charge in [-0.2, -0.15) is 0 Å². The lowest BCUT2D eigenvalue weighted by molar-refractivity contribution is -0.181. The van der Waals surface area contributed by atoms with Gasteiger partial charge in [-0.3, -0.25) is 24.2 Å². The van der Waals surface area contributed by atoms with Gasteiger partial charge in [-0.05, 0) is 59.2 Å². The number of β-lactam (4-membered cyclic amide) rings is 2. The molecule has 0 bridgehead atoms. The maximum absolute atomic E-state index is 13.7. The summed E-state index contributed by atoms with van der Waals surface area (Å²) in [6, 6.07) is 1.86. The molecule has 276 valence electrons. The second kappa shape index (κ2) is 14.7. The zero-order valence-electron chi connectivity index (χ0n) is 29.2. The number of hydrogen-bond donors (Lipinski definition) is 1. The van der Waals surface area contributed by atoms with E-state index < -0.39 is 81.7 Å². The van der Waals surface area contributed by atoms with E-state index in [9.17, 15) is 33.6 Å². The molecule has 0 aromatic heterocycles. The van der Waals surface area contributed by atoms with Gasteiger partial charge in [-0.25, -0.2) is 14.4 Å². The fourth-order valence-electron chi connectivity index (χ4n) is 6.41. The Hall–Kier alpha value is -4.32. The minimum Gasteiger partial charge on any atom is -0.469 e. The minimum atomic E-state index is -1.20. The third-order valence-corrected chi connectivity index (χ3v) is 11.9. The molecule has 6 atom stereocenters. The molecule has 0 spiro atoms. The second-order valence-corrected chi connectivity index (χ2v) is 16.9. The molecular weight excluding hydrogens is 709 g/mol. The van der Waals surface area contributed by atoms with Crippen molar-refractivity contribution in [2.75, 3.05) is 20.5 Å². The molecule has 51 heavy (non-hydrogen) atoms. The lowest BCUT2D eigenvalue weighted by Gasteiger charge is -2.44. The molecule has 18 heteroatoms. The molecule has 0 saturated carbocycles. The number of fused-ring (bicyclic) bond motifs is 2. The van der Waals surface area contributed by atoms with Gasteiger partial charge in [0.25, 0.3) is 0 Å². The number of ether oxygens (including phenoxy) is 5. The summed E-state index contributed by atoms with van der Waals surface area (Å²) in [5.74, 6) is -3.18. The van der Waals surface area contributed by atoms with Gasteiger partial charge < -0.3 is 38.8 Å². The maximum Gasteiger partial charge on any atom is 0.513 e. The summed E-state index contributed by atoms with van der Waals surface area (Å²) in [6.07, 6.45) is -0.715. The number of hydrogen-bond acceptors (Lipinski definition) is 15. The molecule has 4 aliphatic rings. The van der Waals surface area contributed by atoms with Crippen molar-refractivity contribution in [1.29, 1.82) is 0 Å². The van der Waals surface area contributed by atoms with Gasteiger partial charge in [0.05, 0.1) is 31.9 Å². The quantitative estimate of drug-likeness (QED) is 0.0817. The molecule has 1 aromatic rings. The summed E-state index contributed by atoms with van der Waals surface area (Å²) >= 11 is 2.81. The highest BCUT2D eigenvalue weighted by Crippen LogP contribution is 2.52. The first kappa shape index (κ1) is 37.9. The summed E-state index contributed by atoms with van der Waals surface area (Å²) in [7, 11) is 1.23. The topological polar surface area (TPSA) is 197 Å². The van der Waals surface area contributed by atoms with Crippen LogP contribution in [0.15, 0.2) is 29.3 Å². The molecule has 4 fully saturated rings. The summed E-state index contributed by atoms with van der Waals surface area (Å²) in [6.45, 7) is 9.84. The van der Waals surface area contributed by atoms with Crippen molar-refractivity contribution in [3.8, 4) is 5.75 Å². The van der Waals surface area contributed by atoms with Crippen molar-refractivity contribution in [1.82, 2.24) is 15.1 Å². The number of thioether (sulfide) groups is 2. The van der Waals surface area contributed by atoms with Gasteiger partial charge in [0.1, 0.15) is 29.2 Å². The molecule has 1 N–H and O–H groups in total. The number of nitrogens with zero attached hydrogens (tertiary/aromatic N) is 3. The van der Waals surface area contributed by atoms with Crippen molar-refractivity contribution >= 4 is 71.0 Å². The van der Waals surface area contributed by atoms with Crippen LogP contribution in [-0.4, -0.2) is 116 Å². The number of aliphatic imine (C=N–C) groups is 1. The van der Waals surface area contributed by atoms with Crippen molar-refractivity contribution in [3.05, 3.63) is 29.8 Å². The zero-order valence-corrected chi connectivity index (χ0v) is 30.8. The first-order valence-corrected chi connectivity index (χ1v) is 17.9. The molecule has 1 unspecified atom stereocenters. The molecular formula is C33H40N4O12S2. The SMILES string of the molecule is CCOC(=O)Oc1ccc(C(N=C(C)CC(=O)OC)C(=O)N[C@@H]2C(=O)N3[C@@H]2SC(C)(C)[C@@H]3C(=O)OCOC(=O)[C@@H]2N3C(=O)C[C@H]3SC2(C)C)cc1. The van der Waals surface area contributed by atoms with Crippen molar-refractivity contribution < 1.29 is 57.2 Å². The number of benzene rings is 1. The second-order valence-electron chi connectivity index (χ2n) is 13.2. The third-order valence-electron chi connectivity index (χ3n) is 8.80. The summed E-state index contributed by atoms with van der Waals surface area (Å²) in [5, 5.41) is 2.04. The average molecular weight is 749 g/mol. The molecule has 0 aliphatic carbocycles. The largest absolute Gasteiger partial charge is 0.513 e. The summed E-state index contributed by atoms with van der Waals surface area (Å²) < 4.78 is 23.8. The Balaban J connectivity index is 1.23. The number of carbonyl (C=O) groups is 7. The van der Waals surface area contributed by atoms with Gasteiger partial charge in [0, 0.05) is 15.2 Å². The first-order valence-electron chi connectivity index (χ1n) is 16.2. The Morgan fingerprint density at radius 3 is 2.14 bits per heavy atom. The van der Waals surface area contributed by atoms with Crippen LogP contribution in [0.1, 0.15) is 66.0 Å². The Bertz CT molecular complexity index is 1650. The Morgan fingerprint density at radius 1 is 0.941 bits per heavy atom. The van der Waals surface area contributed by atoms with E-state index in [0.29, 0.717) is 17.7 Å². The fraction of sp³-hybridized carbons (Fsp3) is 0.576. The zero-order chi connectivity index (χ0) is 37.4. The Labute approximate surface area is 302 Å². The van der Waals surface area contributed by atoms with Crippen LogP contribution in [0.25, 0.3) is 0 Å². The van der Waals surface area contributed by atoms with Gasteiger partial charge in [0.15, 0.2) is 6.04 Å². The van der Waals surface area contributed by atoms with Crippen LogP contribution in [-0.2, 0) is 47.7 Å². The van der Waals surface area contributed by atoms with E-state index >= 15 is 0 Å². The predicted octanol–water partition coefficient (Wildman–Crippen LogP) is 2.33. The summed E-state index contributed by atoms with van der Waals surface area (Å²) in [5.41, 5.74) is 0.669. The van der Waals surface area contributed by atoms with E-state index in [1.807, 2.05) is 13.8 Å². The molecule has 16 nitrogen and oxygen atoms in total. The van der Waals surface area contributed by atoms with Crippen LogP contribution in [0.3, 0.4) is 0 Å². The average Bonchev–Trinajstić information content (AvgIpc) is 3.45. The highest BCUT2D eigenvalue weighted by atomic mass is 32.2. The Kier molecular flexibility index (Phi) is 11.0. The van der Waals surface area contributed by atoms with Gasteiger partial charge in [-0.15, -0.1) is 23.5 Å². The molecule has 3 amide bonds. The molecule has 0 radical (unpaired) electrons. The van der Waals surface area contributed by atoms with Crippen LogP contribution in [0.4, 0.5) is 4.79 Å². The molecule has 1 aromatic carbocycles. The molecule has 4 heterocycles. The number of carbonyl (C=O) groups excluding carboxylic acids is 7. The standard InChI is InChI=1S/C33H40N4O12S2/c1-8-46-31(44)49-18-11-9-17(10-12-18)22(34-16(2)13-21(39)45-7)26(40)35-23-27(41)37-25(33(5,6)51-28(23)37)30(43)48-15-47-29(42)24-32(3,4)50-20-14-19(38)36(20)24/h9-12,20,22-25,28H,8,13-15H2,1-7H3,(H,35,40)/t20-,22?,23-,24+,25+,28-/m1/s1. The number of methoxy groups -OCH3 is 1. The predicted molar refractivity (Wildman–Crippen MR) is 182 cm³/mol. The van der Waals surface area contributed by atoms with Crippen LogP contribution in [0.5, 0.6) is 5.75 Å². The molecule has 4 aliphatic heterocycles. The van der Waals surface area contributed by atoms with E-state index in [4.69, 9.17) is 23.7 Å². The van der Waals surface area contributed by atoms with Crippen LogP contribution < -0.4 is 10.1 Å². The van der Waals surface area contributed by atoms with Gasteiger partial charge in [-0.1, -0.05) is 12.1 Å². The molecule has 5 rings (SSSR count). The lowest BCUT2D eigenvalue weighted by atomic mass is 9.95. The van der Waals surface area contributed by atoms with Gasteiger partial charge in [0.2, 0.25) is 24.5 Å². The lowest BCUT2D eigenvalue weighted by Crippen LogP contribution is -2.71. The van der Waals surface area contributed by atoms with Crippen molar-refractivity contribution in [3.63, 3.8) is 0 Å². The number of nitrogens with one attached hydrogen (secondary N) is 1. The van der Waals surface area contributed by atoms with Crippen LogP contribution in [0, 0.1) is 0 Å². The van der Waals surface area contributed by atoms with E-state index in [-0.39, 0.29) is 30.1 Å². The van der Waals surface area contributed by atoms with Gasteiger partial charge >= 0.3 is 24.1 Å². The van der Waals surface area contributed by atoms with Crippen molar-refractivity contribution in [2.24, 2.45) is 4.99 Å². The van der Waals surface area contributed by atoms with Crippen molar-refractivity contribution in [2.45, 2.75) is 98.8 Å². The van der Waals surface area contributed by atoms with E-state index in [2.05, 4.69) is 10.3 Å². The number of amides is 3. The van der Waals surface area contributed by atoms with E-state index in [1.54, 1.807) is 27.7 Å². The molecule has 4 saturated heterocycles. The number of esters is 3. The smallest absolute Gasteiger partial charge is 0.469 e. The highest BCUT2D eigenvalue weighted by molar-refractivity contribution is 8.02. The third kappa shape index (κ3) is 7.66. The van der Waals surface area contributed by atoms with E-state index in [0.717, 1.165) is 0 Å².